The van der Waals surface area contributed by atoms with E-state index in [0.717, 1.165) is 31.6 Å². The van der Waals surface area contributed by atoms with E-state index >= 15 is 0 Å². The van der Waals surface area contributed by atoms with Gasteiger partial charge >= 0.3 is 0 Å². The highest BCUT2D eigenvalue weighted by Gasteiger charge is 2.29. The predicted octanol–water partition coefficient (Wildman–Crippen LogP) is 1.67. The number of aliphatic hydroxyl groups is 1. The summed E-state index contributed by atoms with van der Waals surface area (Å²) in [6, 6.07) is 5.85. The molecule has 0 aliphatic carbocycles. The normalized spacial score (nSPS) is 21.7. The molecule has 1 N–H and O–H groups in total. The van der Waals surface area contributed by atoms with Crippen LogP contribution in [-0.2, 0) is 9.59 Å². The highest BCUT2D eigenvalue weighted by Crippen LogP contribution is 2.25. The summed E-state index contributed by atoms with van der Waals surface area (Å²) >= 11 is 6.11. The Morgan fingerprint density at radius 3 is 2.65 bits per heavy atom. The lowest BCUT2D eigenvalue weighted by molar-refractivity contribution is -0.145. The number of carbonyl (C=O) groups is 2. The molecule has 6 nitrogen and oxygen atoms in total. The van der Waals surface area contributed by atoms with Crippen LogP contribution in [0.15, 0.2) is 18.2 Å². The van der Waals surface area contributed by atoms with E-state index in [-0.39, 0.29) is 18.4 Å². The largest absolute Gasteiger partial charge is 0.383 e. The predicted molar refractivity (Wildman–Crippen MR) is 101 cm³/mol. The van der Waals surface area contributed by atoms with Gasteiger partial charge in [0.15, 0.2) is 0 Å². The molecule has 1 aromatic rings. The van der Waals surface area contributed by atoms with Gasteiger partial charge in [0.2, 0.25) is 5.91 Å². The van der Waals surface area contributed by atoms with Gasteiger partial charge in [-0.1, -0.05) is 17.7 Å². The number of hydrogen-bond acceptors (Lipinski definition) is 4. The van der Waals surface area contributed by atoms with Crippen molar-refractivity contribution in [2.45, 2.75) is 32.3 Å². The first kappa shape index (κ1) is 19.0. The molecule has 1 aromatic carbocycles. The first-order chi connectivity index (χ1) is 12.5. The van der Waals surface area contributed by atoms with Gasteiger partial charge in [-0.25, -0.2) is 0 Å². The fourth-order valence-electron chi connectivity index (χ4n) is 3.63. The second-order valence-corrected chi connectivity index (χ2v) is 7.51. The van der Waals surface area contributed by atoms with Crippen LogP contribution in [0.4, 0.5) is 5.69 Å². The monoisotopic (exact) mass is 379 g/mol. The third-order valence-electron chi connectivity index (χ3n) is 5.22. The Morgan fingerprint density at radius 1 is 1.19 bits per heavy atom. The van der Waals surface area contributed by atoms with Gasteiger partial charge in [-0.3, -0.25) is 9.59 Å². The van der Waals surface area contributed by atoms with Crippen molar-refractivity contribution in [3.05, 3.63) is 28.8 Å². The second kappa shape index (κ2) is 8.27. The van der Waals surface area contributed by atoms with Crippen molar-refractivity contribution in [2.24, 2.45) is 0 Å². The topological polar surface area (TPSA) is 64.1 Å². The molecule has 1 atom stereocenters. The zero-order valence-corrected chi connectivity index (χ0v) is 15.9. The Kier molecular flexibility index (Phi) is 6.04. The molecule has 2 fully saturated rings. The number of piperazine rings is 1. The van der Waals surface area contributed by atoms with Crippen molar-refractivity contribution in [1.82, 2.24) is 9.80 Å². The summed E-state index contributed by atoms with van der Waals surface area (Å²) in [5.41, 5.74) is 2.27. The SMILES string of the molecule is Cc1ccc(Cl)cc1N1CCN(C(=O)CN2CCCCC(O)C2=O)CC1. The minimum absolute atomic E-state index is 0.0464. The van der Waals surface area contributed by atoms with Crippen molar-refractivity contribution in [1.29, 1.82) is 0 Å². The fourth-order valence-corrected chi connectivity index (χ4v) is 3.79. The Bertz CT molecular complexity index is 674. The lowest BCUT2D eigenvalue weighted by Gasteiger charge is -2.37. The fraction of sp³-hybridized carbons (Fsp3) is 0.579. The number of rotatable bonds is 3. The van der Waals surface area contributed by atoms with E-state index < -0.39 is 6.10 Å². The lowest BCUT2D eigenvalue weighted by Crippen LogP contribution is -2.52. The quantitative estimate of drug-likeness (QED) is 0.867. The van der Waals surface area contributed by atoms with Gasteiger partial charge in [0.05, 0.1) is 6.54 Å². The molecular weight excluding hydrogens is 354 g/mol. The lowest BCUT2D eigenvalue weighted by atomic mass is 10.1. The number of halogens is 1. The van der Waals surface area contributed by atoms with Gasteiger partial charge in [0.1, 0.15) is 6.10 Å². The molecule has 3 rings (SSSR count). The van der Waals surface area contributed by atoms with Crippen LogP contribution in [0.25, 0.3) is 0 Å². The second-order valence-electron chi connectivity index (χ2n) is 7.07. The molecule has 0 spiro atoms. The molecule has 26 heavy (non-hydrogen) atoms. The molecular formula is C19H26ClN3O3. The van der Waals surface area contributed by atoms with Gasteiger partial charge in [-0.15, -0.1) is 0 Å². The molecule has 7 heteroatoms. The maximum atomic E-state index is 12.6. The van der Waals surface area contributed by atoms with Crippen LogP contribution >= 0.6 is 11.6 Å². The van der Waals surface area contributed by atoms with Crippen LogP contribution in [0, 0.1) is 6.92 Å². The standard InChI is InChI=1S/C19H26ClN3O3/c1-14-5-6-15(20)12-16(14)21-8-10-22(11-9-21)18(25)13-23-7-3-2-4-17(24)19(23)26/h5-6,12,17,24H,2-4,7-11,13H2,1H3. The van der Waals surface area contributed by atoms with E-state index in [4.69, 9.17) is 11.6 Å². The summed E-state index contributed by atoms with van der Waals surface area (Å²) in [4.78, 5) is 30.3. The van der Waals surface area contributed by atoms with Crippen LogP contribution in [-0.4, -0.2) is 72.1 Å². The number of amides is 2. The van der Waals surface area contributed by atoms with Crippen molar-refractivity contribution < 1.29 is 14.7 Å². The number of hydrogen-bond donors (Lipinski definition) is 1. The Labute approximate surface area is 159 Å². The molecule has 2 aliphatic heterocycles. The summed E-state index contributed by atoms with van der Waals surface area (Å²) < 4.78 is 0. The van der Waals surface area contributed by atoms with Crippen LogP contribution < -0.4 is 4.90 Å². The maximum Gasteiger partial charge on any atom is 0.251 e. The maximum absolute atomic E-state index is 12.6. The average Bonchev–Trinajstić information content (AvgIpc) is 2.79. The third-order valence-corrected chi connectivity index (χ3v) is 5.46. The van der Waals surface area contributed by atoms with E-state index in [2.05, 4.69) is 11.8 Å². The zero-order chi connectivity index (χ0) is 18.7. The van der Waals surface area contributed by atoms with Gasteiger partial charge in [-0.05, 0) is 43.9 Å². The van der Waals surface area contributed by atoms with Gasteiger partial charge in [0.25, 0.3) is 5.91 Å². The van der Waals surface area contributed by atoms with Crippen molar-refractivity contribution in [2.75, 3.05) is 44.2 Å². The highest BCUT2D eigenvalue weighted by atomic mass is 35.5. The molecule has 0 aromatic heterocycles. The summed E-state index contributed by atoms with van der Waals surface area (Å²) in [6.07, 6.45) is 1.17. The molecule has 142 valence electrons. The van der Waals surface area contributed by atoms with E-state index in [1.165, 1.54) is 10.5 Å². The zero-order valence-electron chi connectivity index (χ0n) is 15.2. The number of benzene rings is 1. The Balaban J connectivity index is 1.56. The van der Waals surface area contributed by atoms with Gasteiger partial charge < -0.3 is 19.8 Å². The number of aryl methyl sites for hydroxylation is 1. The van der Waals surface area contributed by atoms with Crippen molar-refractivity contribution in [3.63, 3.8) is 0 Å². The minimum atomic E-state index is -0.965. The van der Waals surface area contributed by atoms with Crippen molar-refractivity contribution in [3.8, 4) is 0 Å². The number of aliphatic hydroxyl groups excluding tert-OH is 1. The summed E-state index contributed by atoms with van der Waals surface area (Å²) in [7, 11) is 0. The highest BCUT2D eigenvalue weighted by molar-refractivity contribution is 6.30. The molecule has 2 amide bonds. The molecule has 2 aliphatic rings. The number of anilines is 1. The molecule has 0 saturated carbocycles. The van der Waals surface area contributed by atoms with Crippen molar-refractivity contribution >= 4 is 29.1 Å². The third kappa shape index (κ3) is 4.30. The molecule has 2 heterocycles. The Morgan fingerprint density at radius 2 is 1.92 bits per heavy atom. The average molecular weight is 380 g/mol. The number of likely N-dealkylation sites (tertiary alicyclic amines) is 1. The van der Waals surface area contributed by atoms with E-state index in [1.807, 2.05) is 18.2 Å². The minimum Gasteiger partial charge on any atom is -0.383 e. The summed E-state index contributed by atoms with van der Waals surface area (Å²) in [6.45, 7) is 5.38. The summed E-state index contributed by atoms with van der Waals surface area (Å²) in [5.74, 6) is -0.362. The molecule has 0 radical (unpaired) electrons. The molecule has 1 unspecified atom stereocenters. The molecule has 2 saturated heterocycles. The van der Waals surface area contributed by atoms with Crippen LogP contribution in [0.3, 0.4) is 0 Å². The van der Waals surface area contributed by atoms with Gasteiger partial charge in [0, 0.05) is 43.4 Å². The van der Waals surface area contributed by atoms with Crippen LogP contribution in [0.2, 0.25) is 5.02 Å². The van der Waals surface area contributed by atoms with E-state index in [1.54, 1.807) is 4.90 Å². The Hall–Kier alpha value is -1.79. The van der Waals surface area contributed by atoms with E-state index in [9.17, 15) is 14.7 Å². The first-order valence-corrected chi connectivity index (χ1v) is 9.59. The number of carbonyl (C=O) groups excluding carboxylic acids is 2. The first-order valence-electron chi connectivity index (χ1n) is 9.21. The number of nitrogens with zero attached hydrogens (tertiary/aromatic N) is 3. The van der Waals surface area contributed by atoms with E-state index in [0.29, 0.717) is 31.1 Å². The molecule has 0 bridgehead atoms. The summed E-state index contributed by atoms with van der Waals surface area (Å²) in [5, 5.41) is 10.5. The smallest absolute Gasteiger partial charge is 0.251 e. The van der Waals surface area contributed by atoms with Gasteiger partial charge in [-0.2, -0.15) is 0 Å². The van der Waals surface area contributed by atoms with Crippen LogP contribution in [0.1, 0.15) is 24.8 Å². The van der Waals surface area contributed by atoms with Crippen LogP contribution in [0.5, 0.6) is 0 Å².